The fourth-order valence-corrected chi connectivity index (χ4v) is 5.55. The number of ketones is 1. The molecule has 0 amide bonds. The van der Waals surface area contributed by atoms with Crippen LogP contribution in [-0.4, -0.2) is 57.3 Å². The second kappa shape index (κ2) is 9.22. The predicted octanol–water partition coefficient (Wildman–Crippen LogP) is 4.99. The van der Waals surface area contributed by atoms with Gasteiger partial charge in [-0.1, -0.05) is 29.8 Å². The summed E-state index contributed by atoms with van der Waals surface area (Å²) >= 11 is 6.81. The van der Waals surface area contributed by atoms with Crippen molar-refractivity contribution in [1.82, 2.24) is 19.3 Å². The highest BCUT2D eigenvalue weighted by Crippen LogP contribution is 2.36. The largest absolute Gasteiger partial charge is 0.368 e. The van der Waals surface area contributed by atoms with Crippen LogP contribution < -0.4 is 10.2 Å². The second-order valence-corrected chi connectivity index (χ2v) is 10.3. The van der Waals surface area contributed by atoms with E-state index in [0.29, 0.717) is 24.0 Å². The monoisotopic (exact) mass is 500 g/mol. The Bertz CT molecular complexity index is 1440. The summed E-state index contributed by atoms with van der Waals surface area (Å²) in [6.45, 7) is 8.66. The molecule has 184 valence electrons. The van der Waals surface area contributed by atoms with Crippen LogP contribution in [-0.2, 0) is 17.6 Å². The number of carbonyl (C=O) groups excluding carboxylic acids is 1. The van der Waals surface area contributed by atoms with Crippen molar-refractivity contribution in [3.05, 3.63) is 71.3 Å². The minimum atomic E-state index is 0.261. The summed E-state index contributed by atoms with van der Waals surface area (Å²) in [7, 11) is 0. The van der Waals surface area contributed by atoms with Crippen molar-refractivity contribution in [1.29, 1.82) is 0 Å². The Morgan fingerprint density at radius 1 is 0.972 bits per heavy atom. The van der Waals surface area contributed by atoms with E-state index in [1.165, 1.54) is 0 Å². The van der Waals surface area contributed by atoms with E-state index in [1.807, 2.05) is 41.1 Å². The summed E-state index contributed by atoms with van der Waals surface area (Å²) in [5.74, 6) is 1.01. The molecule has 2 aliphatic rings. The lowest BCUT2D eigenvalue weighted by Crippen LogP contribution is -2.48. The third-order valence-corrected chi connectivity index (χ3v) is 7.70. The van der Waals surface area contributed by atoms with Crippen LogP contribution in [0.1, 0.15) is 25.0 Å². The average molecular weight is 501 g/mol. The molecule has 0 spiro atoms. The maximum Gasteiger partial charge on any atom is 0.161 e. The normalized spacial score (nSPS) is 16.2. The molecule has 4 heterocycles. The number of anilines is 3. The lowest BCUT2D eigenvalue weighted by molar-refractivity contribution is -0.117. The summed E-state index contributed by atoms with van der Waals surface area (Å²) in [4.78, 5) is 26.0. The maximum atomic E-state index is 11.9. The molecule has 0 saturated carbocycles. The van der Waals surface area contributed by atoms with Gasteiger partial charge in [-0.25, -0.2) is 9.97 Å². The van der Waals surface area contributed by atoms with E-state index in [-0.39, 0.29) is 5.78 Å². The number of piperazine rings is 1. The number of hydrogen-bond donors (Lipinski definition) is 1. The van der Waals surface area contributed by atoms with Crippen LogP contribution in [0.3, 0.4) is 0 Å². The van der Waals surface area contributed by atoms with E-state index in [0.717, 1.165) is 71.3 Å². The summed E-state index contributed by atoms with van der Waals surface area (Å²) in [5.41, 5.74) is 6.75. The van der Waals surface area contributed by atoms with Crippen molar-refractivity contribution in [2.45, 2.75) is 32.7 Å². The molecule has 8 heteroatoms. The fraction of sp³-hybridized carbons (Fsp3) is 0.321. The van der Waals surface area contributed by atoms with E-state index in [2.05, 4.69) is 46.1 Å². The molecule has 1 N–H and O–H groups in total. The Labute approximate surface area is 215 Å². The van der Waals surface area contributed by atoms with Crippen LogP contribution in [0.2, 0.25) is 5.15 Å². The van der Waals surface area contributed by atoms with E-state index < -0.39 is 0 Å². The zero-order chi connectivity index (χ0) is 24.8. The van der Waals surface area contributed by atoms with E-state index in [1.54, 1.807) is 6.20 Å². The molecule has 0 radical (unpaired) electrons. The van der Waals surface area contributed by atoms with Gasteiger partial charge in [0.15, 0.2) is 5.65 Å². The van der Waals surface area contributed by atoms with Crippen LogP contribution in [0.4, 0.5) is 17.2 Å². The Balaban J connectivity index is 1.27. The Morgan fingerprint density at radius 2 is 1.78 bits per heavy atom. The Kier molecular flexibility index (Phi) is 5.90. The van der Waals surface area contributed by atoms with Crippen molar-refractivity contribution in [2.75, 3.05) is 36.4 Å². The number of halogens is 1. The van der Waals surface area contributed by atoms with Crippen molar-refractivity contribution >= 4 is 40.2 Å². The zero-order valence-electron chi connectivity index (χ0n) is 20.5. The molecule has 1 fully saturated rings. The number of Topliss-reactive ketones (excluding diaryl/α,β-unsaturated/α-hetero) is 1. The van der Waals surface area contributed by atoms with Gasteiger partial charge >= 0.3 is 0 Å². The van der Waals surface area contributed by atoms with Gasteiger partial charge in [0.25, 0.3) is 0 Å². The molecule has 1 saturated heterocycles. The smallest absolute Gasteiger partial charge is 0.161 e. The number of pyridine rings is 2. The van der Waals surface area contributed by atoms with Crippen LogP contribution in [0, 0.1) is 0 Å². The molecule has 0 bridgehead atoms. The van der Waals surface area contributed by atoms with Gasteiger partial charge in [-0.15, -0.1) is 0 Å². The molecule has 3 aromatic heterocycles. The molecule has 1 aromatic carbocycles. The number of fused-ring (bicyclic) bond motifs is 2. The van der Waals surface area contributed by atoms with Crippen LogP contribution in [0.5, 0.6) is 0 Å². The van der Waals surface area contributed by atoms with Gasteiger partial charge in [0, 0.05) is 63.0 Å². The first-order valence-electron chi connectivity index (χ1n) is 12.5. The zero-order valence-corrected chi connectivity index (χ0v) is 21.3. The molecule has 36 heavy (non-hydrogen) atoms. The van der Waals surface area contributed by atoms with Crippen molar-refractivity contribution in [3.63, 3.8) is 0 Å². The van der Waals surface area contributed by atoms with Gasteiger partial charge in [-0.05, 0) is 48.7 Å². The number of nitrogens with zero attached hydrogens (tertiary/aromatic N) is 5. The molecule has 0 atom stereocenters. The molecular weight excluding hydrogens is 472 g/mol. The molecular formula is C28H29ClN6O. The van der Waals surface area contributed by atoms with Gasteiger partial charge in [0.05, 0.1) is 17.6 Å². The number of aromatic nitrogens is 3. The summed E-state index contributed by atoms with van der Waals surface area (Å²) in [5, 5.41) is 4.03. The van der Waals surface area contributed by atoms with Gasteiger partial charge in [0.1, 0.15) is 16.8 Å². The number of benzene rings is 1. The lowest BCUT2D eigenvalue weighted by Gasteiger charge is -2.38. The Morgan fingerprint density at radius 3 is 2.53 bits per heavy atom. The first kappa shape index (κ1) is 23.0. The van der Waals surface area contributed by atoms with Gasteiger partial charge in [-0.3, -0.25) is 14.1 Å². The van der Waals surface area contributed by atoms with E-state index in [9.17, 15) is 4.79 Å². The van der Waals surface area contributed by atoms with Crippen LogP contribution >= 0.6 is 11.6 Å². The van der Waals surface area contributed by atoms with E-state index >= 15 is 0 Å². The minimum Gasteiger partial charge on any atom is -0.368 e. The number of carbonyl (C=O) groups is 1. The highest BCUT2D eigenvalue weighted by molar-refractivity contribution is 6.32. The third kappa shape index (κ3) is 4.22. The maximum absolute atomic E-state index is 11.9. The molecule has 1 aliphatic heterocycles. The summed E-state index contributed by atoms with van der Waals surface area (Å²) < 4.78 is 1.88. The molecule has 6 rings (SSSR count). The average Bonchev–Trinajstić information content (AvgIpc) is 3.52. The van der Waals surface area contributed by atoms with Crippen LogP contribution in [0.25, 0.3) is 16.8 Å². The molecule has 7 nitrogen and oxygen atoms in total. The number of hydrogen-bond acceptors (Lipinski definition) is 6. The first-order valence-corrected chi connectivity index (χ1v) is 12.9. The van der Waals surface area contributed by atoms with Crippen molar-refractivity contribution in [3.8, 4) is 11.1 Å². The van der Waals surface area contributed by atoms with Crippen LogP contribution in [0.15, 0.2) is 55.0 Å². The molecule has 4 aromatic rings. The van der Waals surface area contributed by atoms with Gasteiger partial charge in [-0.2, -0.15) is 0 Å². The predicted molar refractivity (Wildman–Crippen MR) is 144 cm³/mol. The molecule has 1 aliphatic carbocycles. The number of imidazole rings is 1. The van der Waals surface area contributed by atoms with Crippen molar-refractivity contribution < 1.29 is 4.79 Å². The SMILES string of the molecule is CC(C)N1CCN(c2ccc(Nc3cc(-c4ccc5c(c4)CC(=O)C5)c(Cl)n4ccnc34)nc2)CC1. The second-order valence-electron chi connectivity index (χ2n) is 9.90. The minimum absolute atomic E-state index is 0.261. The lowest BCUT2D eigenvalue weighted by atomic mass is 10.0. The number of nitrogens with one attached hydrogen (secondary N) is 1. The van der Waals surface area contributed by atoms with Gasteiger partial charge in [0.2, 0.25) is 0 Å². The highest BCUT2D eigenvalue weighted by atomic mass is 35.5. The van der Waals surface area contributed by atoms with Gasteiger partial charge < -0.3 is 10.2 Å². The summed E-state index contributed by atoms with van der Waals surface area (Å²) in [6.07, 6.45) is 6.54. The van der Waals surface area contributed by atoms with Crippen molar-refractivity contribution in [2.24, 2.45) is 0 Å². The fourth-order valence-electron chi connectivity index (χ4n) is 5.25. The molecule has 0 unspecified atom stereocenters. The topological polar surface area (TPSA) is 65.8 Å². The third-order valence-electron chi connectivity index (χ3n) is 7.32. The number of rotatable bonds is 5. The standard InChI is InChI=1S/C28H29ClN6O/c1-18(2)33-9-11-34(12-10-33)22-5-6-26(31-17-22)32-25-16-24(27(29)35-8-7-30-28(25)35)20-4-3-19-14-23(36)15-21(19)13-20/h3-8,13,16-18H,9-12,14-15H2,1-2H3,(H,31,32). The quantitative estimate of drug-likeness (QED) is 0.389. The first-order chi connectivity index (χ1) is 17.5. The Hall–Kier alpha value is -3.42. The summed E-state index contributed by atoms with van der Waals surface area (Å²) in [6, 6.07) is 12.9. The highest BCUT2D eigenvalue weighted by Gasteiger charge is 2.21. The van der Waals surface area contributed by atoms with E-state index in [4.69, 9.17) is 16.6 Å².